The molecule has 0 aliphatic rings. The van der Waals surface area contributed by atoms with Gasteiger partial charge in [-0.05, 0) is 13.3 Å². The van der Waals surface area contributed by atoms with E-state index < -0.39 is 6.67 Å². The van der Waals surface area contributed by atoms with Crippen LogP contribution in [-0.4, -0.2) is 6.67 Å². The van der Waals surface area contributed by atoms with Gasteiger partial charge in [0.2, 0.25) is 0 Å². The predicted molar refractivity (Wildman–Crippen MR) is 61.8 cm³/mol. The Labute approximate surface area is 82.9 Å². The van der Waals surface area contributed by atoms with E-state index in [1.807, 2.05) is 26.0 Å². The maximum atomic E-state index is 10.6. The summed E-state index contributed by atoms with van der Waals surface area (Å²) in [6.45, 7) is 14.5. The lowest BCUT2D eigenvalue weighted by Gasteiger charge is -1.86. The van der Waals surface area contributed by atoms with Crippen LogP contribution in [0.15, 0.2) is 37.0 Å². The van der Waals surface area contributed by atoms with E-state index in [0.29, 0.717) is 0 Å². The molecule has 0 fully saturated rings. The standard InChI is InChI=1S/C7H12.C3H5F.C2H6/c1-4-6-7(3)5-2;1-2-3-4;1-2/h4,6H,1,5H2,2-3H3;2H,1,3H2;1-2H3/b7-6+;;. The van der Waals surface area contributed by atoms with Gasteiger partial charge < -0.3 is 0 Å². The Bertz CT molecular complexity index is 123. The van der Waals surface area contributed by atoms with Crippen LogP contribution in [0.25, 0.3) is 0 Å². The highest BCUT2D eigenvalue weighted by Crippen LogP contribution is 1.95. The Morgan fingerprint density at radius 1 is 1.31 bits per heavy atom. The molecule has 0 nitrogen and oxygen atoms in total. The minimum absolute atomic E-state index is 0.417. The molecule has 0 heterocycles. The molecular formula is C12H23F. The van der Waals surface area contributed by atoms with Gasteiger partial charge in [0, 0.05) is 0 Å². The highest BCUT2D eigenvalue weighted by molar-refractivity contribution is 5.06. The highest BCUT2D eigenvalue weighted by Gasteiger charge is 1.74. The predicted octanol–water partition coefficient (Wildman–Crippen LogP) is 4.70. The summed E-state index contributed by atoms with van der Waals surface area (Å²) in [6, 6.07) is 0. The number of halogens is 1. The van der Waals surface area contributed by atoms with Crippen molar-refractivity contribution in [2.24, 2.45) is 0 Å². The summed E-state index contributed by atoms with van der Waals surface area (Å²) in [5.41, 5.74) is 1.38. The zero-order valence-electron chi connectivity index (χ0n) is 9.44. The summed E-state index contributed by atoms with van der Waals surface area (Å²) in [5, 5.41) is 0. The first-order valence-corrected chi connectivity index (χ1v) is 4.67. The molecular weight excluding hydrogens is 163 g/mol. The molecule has 0 radical (unpaired) electrons. The molecule has 0 bridgehead atoms. The van der Waals surface area contributed by atoms with Gasteiger partial charge in [0.1, 0.15) is 6.67 Å². The lowest BCUT2D eigenvalue weighted by atomic mass is 10.2. The lowest BCUT2D eigenvalue weighted by molar-refractivity contribution is 0.562. The Kier molecular flexibility index (Phi) is 31.2. The molecule has 78 valence electrons. The largest absolute Gasteiger partial charge is 0.247 e. The van der Waals surface area contributed by atoms with Crippen molar-refractivity contribution in [1.29, 1.82) is 0 Å². The van der Waals surface area contributed by atoms with Crippen LogP contribution in [0.5, 0.6) is 0 Å². The molecule has 0 atom stereocenters. The Hall–Kier alpha value is -0.850. The van der Waals surface area contributed by atoms with Crippen molar-refractivity contribution < 1.29 is 4.39 Å². The van der Waals surface area contributed by atoms with Gasteiger partial charge in [0.05, 0.1) is 0 Å². The minimum atomic E-state index is -0.417. The molecule has 0 aromatic rings. The summed E-state index contributed by atoms with van der Waals surface area (Å²) >= 11 is 0. The van der Waals surface area contributed by atoms with E-state index in [1.165, 1.54) is 11.6 Å². The lowest BCUT2D eigenvalue weighted by Crippen LogP contribution is -1.65. The number of hydrogen-bond acceptors (Lipinski definition) is 0. The van der Waals surface area contributed by atoms with E-state index >= 15 is 0 Å². The maximum absolute atomic E-state index is 10.6. The fourth-order valence-electron chi connectivity index (χ4n) is 0.319. The molecule has 0 unspecified atom stereocenters. The third-order valence-electron chi connectivity index (χ3n) is 1.07. The minimum Gasteiger partial charge on any atom is -0.247 e. The second-order valence-corrected chi connectivity index (χ2v) is 2.05. The maximum Gasteiger partial charge on any atom is 0.107 e. The molecule has 13 heavy (non-hydrogen) atoms. The Balaban J connectivity index is -0.000000142. The second-order valence-electron chi connectivity index (χ2n) is 2.05. The third-order valence-corrected chi connectivity index (χ3v) is 1.07. The summed E-state index contributed by atoms with van der Waals surface area (Å²) in [6.07, 6.45) is 6.19. The summed E-state index contributed by atoms with van der Waals surface area (Å²) in [5.74, 6) is 0. The van der Waals surface area contributed by atoms with Crippen LogP contribution in [0.4, 0.5) is 4.39 Å². The second kappa shape index (κ2) is 22.5. The monoisotopic (exact) mass is 186 g/mol. The summed E-state index contributed by atoms with van der Waals surface area (Å²) in [7, 11) is 0. The Morgan fingerprint density at radius 3 is 1.77 bits per heavy atom. The van der Waals surface area contributed by atoms with Crippen molar-refractivity contribution in [3.8, 4) is 0 Å². The van der Waals surface area contributed by atoms with Crippen molar-refractivity contribution in [2.45, 2.75) is 34.1 Å². The molecule has 0 saturated carbocycles. The molecule has 0 rings (SSSR count). The van der Waals surface area contributed by atoms with Crippen molar-refractivity contribution in [3.63, 3.8) is 0 Å². The van der Waals surface area contributed by atoms with Crippen molar-refractivity contribution in [1.82, 2.24) is 0 Å². The van der Waals surface area contributed by atoms with Crippen LogP contribution in [0, 0.1) is 0 Å². The van der Waals surface area contributed by atoms with Gasteiger partial charge >= 0.3 is 0 Å². The van der Waals surface area contributed by atoms with Crippen LogP contribution in [0.1, 0.15) is 34.1 Å². The zero-order chi connectivity index (χ0) is 11.1. The summed E-state index contributed by atoms with van der Waals surface area (Å²) in [4.78, 5) is 0. The number of allylic oxidation sites excluding steroid dienone is 4. The van der Waals surface area contributed by atoms with Gasteiger partial charge in [-0.1, -0.05) is 51.2 Å². The molecule has 0 aliphatic heterocycles. The highest BCUT2D eigenvalue weighted by atomic mass is 19.1. The number of alkyl halides is 1. The van der Waals surface area contributed by atoms with Crippen LogP contribution in [-0.2, 0) is 0 Å². The van der Waals surface area contributed by atoms with Crippen LogP contribution >= 0.6 is 0 Å². The van der Waals surface area contributed by atoms with Gasteiger partial charge in [-0.2, -0.15) is 0 Å². The first kappa shape index (κ1) is 18.0. The normalized spacial score (nSPS) is 8.54. The van der Waals surface area contributed by atoms with E-state index in [1.54, 1.807) is 0 Å². The fraction of sp³-hybridized carbons (Fsp3) is 0.500. The zero-order valence-corrected chi connectivity index (χ0v) is 9.44. The number of rotatable bonds is 3. The van der Waals surface area contributed by atoms with E-state index in [-0.39, 0.29) is 0 Å². The molecule has 1 heteroatoms. The topological polar surface area (TPSA) is 0 Å². The van der Waals surface area contributed by atoms with Gasteiger partial charge in [0.15, 0.2) is 0 Å². The molecule has 0 aromatic carbocycles. The fourth-order valence-corrected chi connectivity index (χ4v) is 0.319. The van der Waals surface area contributed by atoms with Gasteiger partial charge in [0.25, 0.3) is 0 Å². The first-order valence-electron chi connectivity index (χ1n) is 4.67. The van der Waals surface area contributed by atoms with E-state index in [4.69, 9.17) is 0 Å². The SMILES string of the molecule is C=C/C=C(\C)CC.C=CCF.CC. The number of hydrogen-bond donors (Lipinski definition) is 0. The first-order chi connectivity index (χ1) is 6.22. The molecule has 0 N–H and O–H groups in total. The van der Waals surface area contributed by atoms with Gasteiger partial charge in [-0.15, -0.1) is 6.58 Å². The average Bonchev–Trinajstić information content (AvgIpc) is 2.21. The van der Waals surface area contributed by atoms with Crippen LogP contribution in [0.2, 0.25) is 0 Å². The average molecular weight is 186 g/mol. The van der Waals surface area contributed by atoms with E-state index in [2.05, 4.69) is 27.0 Å². The summed E-state index contributed by atoms with van der Waals surface area (Å²) < 4.78 is 10.6. The molecule has 0 aromatic heterocycles. The van der Waals surface area contributed by atoms with Crippen molar-refractivity contribution >= 4 is 0 Å². The van der Waals surface area contributed by atoms with Crippen molar-refractivity contribution in [2.75, 3.05) is 6.67 Å². The van der Waals surface area contributed by atoms with Gasteiger partial charge in [-0.3, -0.25) is 0 Å². The smallest absolute Gasteiger partial charge is 0.107 e. The van der Waals surface area contributed by atoms with Crippen LogP contribution < -0.4 is 0 Å². The molecule has 0 amide bonds. The van der Waals surface area contributed by atoms with Gasteiger partial charge in [-0.25, -0.2) is 4.39 Å². The molecule has 0 aliphatic carbocycles. The van der Waals surface area contributed by atoms with Crippen molar-refractivity contribution in [3.05, 3.63) is 37.0 Å². The molecule has 0 spiro atoms. The van der Waals surface area contributed by atoms with Crippen LogP contribution in [0.3, 0.4) is 0 Å². The Morgan fingerprint density at radius 2 is 1.69 bits per heavy atom. The third kappa shape index (κ3) is 35.2. The quantitative estimate of drug-likeness (QED) is 0.443. The van der Waals surface area contributed by atoms with E-state index in [9.17, 15) is 4.39 Å². The van der Waals surface area contributed by atoms with E-state index in [0.717, 1.165) is 6.42 Å². The molecule has 0 saturated heterocycles.